The lowest BCUT2D eigenvalue weighted by Crippen LogP contribution is -2.31. The second kappa shape index (κ2) is 9.32. The normalized spacial score (nSPS) is 18.0. The van der Waals surface area contributed by atoms with Crippen molar-refractivity contribution in [2.75, 3.05) is 18.5 Å². The Morgan fingerprint density at radius 1 is 1.14 bits per heavy atom. The van der Waals surface area contributed by atoms with E-state index in [0.29, 0.717) is 18.7 Å². The maximum Gasteiger partial charge on any atom is 0.240 e. The number of hydrogen-bond donors (Lipinski definition) is 2. The zero-order chi connectivity index (χ0) is 20.0. The Hall–Kier alpha value is -2.22. The third-order valence-corrected chi connectivity index (χ3v) is 6.27. The summed E-state index contributed by atoms with van der Waals surface area (Å²) in [5.41, 5.74) is 1.68. The summed E-state index contributed by atoms with van der Waals surface area (Å²) in [6.07, 6.45) is 2.13. The number of carbonyl (C=O) groups is 1. The minimum atomic E-state index is -3.59. The maximum absolute atomic E-state index is 12.4. The lowest BCUT2D eigenvalue weighted by molar-refractivity contribution is -0.116. The molecule has 0 bridgehead atoms. The summed E-state index contributed by atoms with van der Waals surface area (Å²) in [7, 11) is -3.59. The van der Waals surface area contributed by atoms with Gasteiger partial charge in [-0.1, -0.05) is 37.3 Å². The first-order valence-corrected chi connectivity index (χ1v) is 11.0. The smallest absolute Gasteiger partial charge is 0.240 e. The first-order chi connectivity index (χ1) is 13.4. The zero-order valence-electron chi connectivity index (χ0n) is 15.9. The SMILES string of the molecule is C[C@H](CC(=O)Nc1ccc(S(=O)(=O)NC[C@H]2CCCO2)cc1)c1ccccc1. The van der Waals surface area contributed by atoms with E-state index >= 15 is 0 Å². The Bertz CT molecular complexity index is 876. The van der Waals surface area contributed by atoms with Crippen LogP contribution in [-0.2, 0) is 19.6 Å². The van der Waals surface area contributed by atoms with Crippen LogP contribution in [0, 0.1) is 0 Å². The standard InChI is InChI=1S/C21H26N2O4S/c1-16(17-6-3-2-4-7-17)14-21(24)23-18-9-11-20(12-10-18)28(25,26)22-15-19-8-5-13-27-19/h2-4,6-7,9-12,16,19,22H,5,8,13-15H2,1H3,(H,23,24)/t16-,19-/m1/s1. The second-order valence-electron chi connectivity index (χ2n) is 7.08. The van der Waals surface area contributed by atoms with Crippen LogP contribution in [0.3, 0.4) is 0 Å². The monoisotopic (exact) mass is 402 g/mol. The van der Waals surface area contributed by atoms with Gasteiger partial charge in [0.1, 0.15) is 0 Å². The zero-order valence-corrected chi connectivity index (χ0v) is 16.7. The number of anilines is 1. The summed E-state index contributed by atoms with van der Waals surface area (Å²) >= 11 is 0. The van der Waals surface area contributed by atoms with E-state index < -0.39 is 10.0 Å². The molecule has 28 heavy (non-hydrogen) atoms. The van der Waals surface area contributed by atoms with Crippen molar-refractivity contribution >= 4 is 21.6 Å². The van der Waals surface area contributed by atoms with E-state index in [1.807, 2.05) is 37.3 Å². The molecule has 1 amide bonds. The van der Waals surface area contributed by atoms with Gasteiger partial charge in [0.2, 0.25) is 15.9 Å². The Balaban J connectivity index is 1.54. The van der Waals surface area contributed by atoms with Gasteiger partial charge in [-0.25, -0.2) is 13.1 Å². The van der Waals surface area contributed by atoms with E-state index in [1.54, 1.807) is 12.1 Å². The van der Waals surface area contributed by atoms with Crippen LogP contribution >= 0.6 is 0 Å². The van der Waals surface area contributed by atoms with E-state index in [-0.39, 0.29) is 29.4 Å². The van der Waals surface area contributed by atoms with Gasteiger partial charge in [0.05, 0.1) is 11.0 Å². The van der Waals surface area contributed by atoms with Crippen molar-refractivity contribution in [3.63, 3.8) is 0 Å². The van der Waals surface area contributed by atoms with Crippen molar-refractivity contribution in [3.05, 3.63) is 60.2 Å². The molecular weight excluding hydrogens is 376 g/mol. The highest BCUT2D eigenvalue weighted by molar-refractivity contribution is 7.89. The van der Waals surface area contributed by atoms with Crippen LogP contribution in [0.25, 0.3) is 0 Å². The quantitative estimate of drug-likeness (QED) is 0.710. The van der Waals surface area contributed by atoms with Crippen LogP contribution in [-0.4, -0.2) is 33.6 Å². The summed E-state index contributed by atoms with van der Waals surface area (Å²) in [6, 6.07) is 16.1. The number of hydrogen-bond acceptors (Lipinski definition) is 4. The minimum absolute atomic E-state index is 0.0556. The van der Waals surface area contributed by atoms with Crippen molar-refractivity contribution in [2.24, 2.45) is 0 Å². The van der Waals surface area contributed by atoms with Gasteiger partial charge in [-0.3, -0.25) is 4.79 Å². The molecule has 0 aromatic heterocycles. The summed E-state index contributed by atoms with van der Waals surface area (Å²) in [6.45, 7) is 2.96. The fraction of sp³-hybridized carbons (Fsp3) is 0.381. The molecule has 0 radical (unpaired) electrons. The highest BCUT2D eigenvalue weighted by Crippen LogP contribution is 2.20. The van der Waals surface area contributed by atoms with Gasteiger partial charge in [-0.15, -0.1) is 0 Å². The molecule has 150 valence electrons. The molecule has 0 aliphatic carbocycles. The van der Waals surface area contributed by atoms with Crippen molar-refractivity contribution in [1.82, 2.24) is 4.72 Å². The Morgan fingerprint density at radius 2 is 1.86 bits per heavy atom. The maximum atomic E-state index is 12.4. The molecule has 3 rings (SSSR count). The fourth-order valence-corrected chi connectivity index (χ4v) is 4.26. The predicted octanol–water partition coefficient (Wildman–Crippen LogP) is 3.28. The lowest BCUT2D eigenvalue weighted by atomic mass is 9.97. The molecule has 1 fully saturated rings. The first-order valence-electron chi connectivity index (χ1n) is 9.50. The molecule has 0 saturated carbocycles. The largest absolute Gasteiger partial charge is 0.377 e. The van der Waals surface area contributed by atoms with Crippen molar-refractivity contribution < 1.29 is 17.9 Å². The molecule has 7 heteroatoms. The summed E-state index contributed by atoms with van der Waals surface area (Å²) < 4.78 is 32.8. The minimum Gasteiger partial charge on any atom is -0.377 e. The first kappa shape index (κ1) is 20.5. The van der Waals surface area contributed by atoms with Crippen LogP contribution in [0.2, 0.25) is 0 Å². The van der Waals surface area contributed by atoms with E-state index in [0.717, 1.165) is 18.4 Å². The molecule has 2 N–H and O–H groups in total. The molecule has 0 unspecified atom stereocenters. The molecule has 2 aromatic rings. The molecule has 6 nitrogen and oxygen atoms in total. The number of rotatable bonds is 8. The van der Waals surface area contributed by atoms with E-state index in [9.17, 15) is 13.2 Å². The molecule has 0 spiro atoms. The molecule has 1 heterocycles. The molecule has 1 saturated heterocycles. The Labute approximate surface area is 166 Å². The van der Waals surface area contributed by atoms with Crippen molar-refractivity contribution in [3.8, 4) is 0 Å². The van der Waals surface area contributed by atoms with Crippen LogP contribution < -0.4 is 10.0 Å². The topological polar surface area (TPSA) is 84.5 Å². The molecule has 1 aliphatic heterocycles. The summed E-state index contributed by atoms with van der Waals surface area (Å²) in [5.74, 6) is -0.00803. The highest BCUT2D eigenvalue weighted by Gasteiger charge is 2.20. The van der Waals surface area contributed by atoms with Crippen molar-refractivity contribution in [1.29, 1.82) is 0 Å². The molecular formula is C21H26N2O4S. The molecule has 1 aliphatic rings. The van der Waals surface area contributed by atoms with Crippen LogP contribution in [0.5, 0.6) is 0 Å². The highest BCUT2D eigenvalue weighted by atomic mass is 32.2. The Kier molecular flexibility index (Phi) is 6.83. The number of nitrogens with one attached hydrogen (secondary N) is 2. The third-order valence-electron chi connectivity index (χ3n) is 4.83. The summed E-state index contributed by atoms with van der Waals surface area (Å²) in [5, 5.41) is 2.82. The fourth-order valence-electron chi connectivity index (χ4n) is 3.20. The number of carbonyl (C=O) groups excluding carboxylic acids is 1. The van der Waals surface area contributed by atoms with Crippen LogP contribution in [0.4, 0.5) is 5.69 Å². The second-order valence-corrected chi connectivity index (χ2v) is 8.84. The van der Waals surface area contributed by atoms with Gasteiger partial charge in [0, 0.05) is 25.3 Å². The number of ether oxygens (including phenoxy) is 1. The average Bonchev–Trinajstić information content (AvgIpc) is 3.21. The molecule has 2 aromatic carbocycles. The van der Waals surface area contributed by atoms with Gasteiger partial charge in [0.15, 0.2) is 0 Å². The van der Waals surface area contributed by atoms with Gasteiger partial charge in [0.25, 0.3) is 0 Å². The van der Waals surface area contributed by atoms with Gasteiger partial charge >= 0.3 is 0 Å². The van der Waals surface area contributed by atoms with Crippen LogP contribution in [0.1, 0.15) is 37.7 Å². The van der Waals surface area contributed by atoms with Gasteiger partial charge in [-0.2, -0.15) is 0 Å². The number of sulfonamides is 1. The lowest BCUT2D eigenvalue weighted by Gasteiger charge is -2.13. The van der Waals surface area contributed by atoms with Gasteiger partial charge < -0.3 is 10.1 Å². The average molecular weight is 403 g/mol. The predicted molar refractivity (Wildman–Crippen MR) is 109 cm³/mol. The number of amides is 1. The molecule has 2 atom stereocenters. The van der Waals surface area contributed by atoms with Crippen LogP contribution in [0.15, 0.2) is 59.5 Å². The third kappa shape index (κ3) is 5.64. The van der Waals surface area contributed by atoms with E-state index in [4.69, 9.17) is 4.74 Å². The van der Waals surface area contributed by atoms with E-state index in [2.05, 4.69) is 10.0 Å². The summed E-state index contributed by atoms with van der Waals surface area (Å²) in [4.78, 5) is 12.4. The van der Waals surface area contributed by atoms with Gasteiger partial charge in [-0.05, 0) is 48.6 Å². The Morgan fingerprint density at radius 3 is 2.50 bits per heavy atom. The van der Waals surface area contributed by atoms with Crippen molar-refractivity contribution in [2.45, 2.75) is 43.1 Å². The number of benzene rings is 2. The van der Waals surface area contributed by atoms with E-state index in [1.165, 1.54) is 12.1 Å².